The number of anilines is 1. The number of rotatable bonds is 2. The molecule has 4 nitrogen and oxygen atoms in total. The minimum atomic E-state index is -0.129. The molecule has 0 bridgehead atoms. The van der Waals surface area contributed by atoms with E-state index in [4.69, 9.17) is 9.47 Å². The van der Waals surface area contributed by atoms with Crippen LogP contribution in [0.25, 0.3) is 9.75 Å². The van der Waals surface area contributed by atoms with Gasteiger partial charge in [-0.3, -0.25) is 4.79 Å². The van der Waals surface area contributed by atoms with Gasteiger partial charge in [0.05, 0.1) is 5.92 Å². The van der Waals surface area contributed by atoms with Crippen LogP contribution in [0.3, 0.4) is 0 Å². The zero-order chi connectivity index (χ0) is 20.5. The van der Waals surface area contributed by atoms with E-state index in [-0.39, 0.29) is 23.9 Å². The number of Topliss-reactive ketones (excluding diaryl/α,β-unsaturated/α-hetero) is 1. The molecule has 2 aliphatic heterocycles. The number of benzene rings is 1. The second-order valence-electron chi connectivity index (χ2n) is 8.83. The fourth-order valence-corrected chi connectivity index (χ4v) is 6.78. The number of thiophene rings is 2. The Labute approximate surface area is 183 Å². The summed E-state index contributed by atoms with van der Waals surface area (Å²) in [5.41, 5.74) is 3.94. The average Bonchev–Trinajstić information content (AvgIpc) is 3.45. The number of hydrogen-bond acceptors (Lipinski definition) is 6. The van der Waals surface area contributed by atoms with Gasteiger partial charge in [0.1, 0.15) is 0 Å². The molecule has 0 saturated heterocycles. The third kappa shape index (κ3) is 2.74. The molecule has 0 saturated carbocycles. The van der Waals surface area contributed by atoms with Gasteiger partial charge in [0.25, 0.3) is 0 Å². The van der Waals surface area contributed by atoms with E-state index in [1.807, 2.05) is 6.07 Å². The van der Waals surface area contributed by atoms with Gasteiger partial charge in [-0.25, -0.2) is 0 Å². The largest absolute Gasteiger partial charge is 0.454 e. The van der Waals surface area contributed by atoms with Crippen LogP contribution in [-0.2, 0) is 4.79 Å². The second-order valence-corrected chi connectivity index (χ2v) is 10.9. The molecule has 1 unspecified atom stereocenters. The topological polar surface area (TPSA) is 47.6 Å². The molecule has 30 heavy (non-hydrogen) atoms. The summed E-state index contributed by atoms with van der Waals surface area (Å²) in [5, 5.41) is 5.68. The van der Waals surface area contributed by atoms with E-state index in [0.717, 1.165) is 40.4 Å². The maximum atomic E-state index is 13.4. The lowest BCUT2D eigenvalue weighted by atomic mass is 9.70. The van der Waals surface area contributed by atoms with Gasteiger partial charge < -0.3 is 14.8 Å². The van der Waals surface area contributed by atoms with Crippen LogP contribution in [0.2, 0.25) is 0 Å². The van der Waals surface area contributed by atoms with E-state index in [0.29, 0.717) is 6.42 Å². The molecule has 2 aromatic heterocycles. The van der Waals surface area contributed by atoms with Crippen LogP contribution in [0.5, 0.6) is 11.5 Å². The molecule has 0 radical (unpaired) electrons. The smallest absolute Gasteiger partial charge is 0.231 e. The van der Waals surface area contributed by atoms with Crippen molar-refractivity contribution >= 4 is 34.1 Å². The van der Waals surface area contributed by atoms with Gasteiger partial charge in [-0.05, 0) is 47.5 Å². The minimum Gasteiger partial charge on any atom is -0.454 e. The molecule has 4 heterocycles. The van der Waals surface area contributed by atoms with Crippen LogP contribution in [-0.4, -0.2) is 12.6 Å². The number of ether oxygens (including phenoxy) is 2. The van der Waals surface area contributed by atoms with E-state index in [2.05, 4.69) is 54.9 Å². The normalized spacial score (nSPS) is 21.3. The minimum absolute atomic E-state index is 0.0428. The van der Waals surface area contributed by atoms with E-state index in [1.54, 1.807) is 22.7 Å². The molecule has 0 amide bonds. The number of allylic oxidation sites excluding steroid dienone is 2. The number of carbonyl (C=O) groups excluding carboxylic acids is 1. The quantitative estimate of drug-likeness (QED) is 0.505. The van der Waals surface area contributed by atoms with Crippen molar-refractivity contribution in [3.63, 3.8) is 0 Å². The first kappa shape index (κ1) is 18.2. The highest BCUT2D eigenvalue weighted by Gasteiger charge is 2.43. The van der Waals surface area contributed by atoms with E-state index < -0.39 is 0 Å². The number of carbonyl (C=O) groups is 1. The third-order valence-electron chi connectivity index (χ3n) is 6.04. The average molecular weight is 436 g/mol. The maximum absolute atomic E-state index is 13.4. The Balaban J connectivity index is 1.56. The molecule has 6 heteroatoms. The molecule has 152 valence electrons. The van der Waals surface area contributed by atoms with Crippen LogP contribution in [0.15, 0.2) is 53.0 Å². The van der Waals surface area contributed by atoms with Crippen LogP contribution in [0, 0.1) is 5.41 Å². The van der Waals surface area contributed by atoms with Crippen molar-refractivity contribution in [2.75, 3.05) is 12.1 Å². The summed E-state index contributed by atoms with van der Waals surface area (Å²) < 4.78 is 11.6. The van der Waals surface area contributed by atoms with Crippen molar-refractivity contribution in [3.05, 3.63) is 63.5 Å². The third-order valence-corrected chi connectivity index (χ3v) is 8.25. The lowest BCUT2D eigenvalue weighted by molar-refractivity contribution is -0.118. The first-order valence-corrected chi connectivity index (χ1v) is 11.8. The lowest BCUT2D eigenvalue weighted by Gasteiger charge is -2.39. The van der Waals surface area contributed by atoms with Crippen molar-refractivity contribution in [1.82, 2.24) is 0 Å². The molecule has 1 N–H and O–H groups in total. The Morgan fingerprint density at radius 1 is 1.07 bits per heavy atom. The Kier molecular flexibility index (Phi) is 3.92. The highest BCUT2D eigenvalue weighted by Crippen LogP contribution is 2.55. The molecular formula is C24H21NO3S2. The van der Waals surface area contributed by atoms with Gasteiger partial charge in [-0.1, -0.05) is 19.9 Å². The van der Waals surface area contributed by atoms with Crippen molar-refractivity contribution < 1.29 is 14.3 Å². The van der Waals surface area contributed by atoms with Gasteiger partial charge in [0.2, 0.25) is 6.79 Å². The maximum Gasteiger partial charge on any atom is 0.231 e. The molecule has 0 fully saturated rings. The van der Waals surface area contributed by atoms with Crippen LogP contribution >= 0.6 is 22.7 Å². The zero-order valence-electron chi connectivity index (χ0n) is 16.8. The summed E-state index contributed by atoms with van der Waals surface area (Å²) in [6.07, 6.45) is 1.43. The van der Waals surface area contributed by atoms with E-state index in [9.17, 15) is 4.79 Å². The monoisotopic (exact) mass is 435 g/mol. The Morgan fingerprint density at radius 3 is 2.80 bits per heavy atom. The van der Waals surface area contributed by atoms with Crippen LogP contribution in [0.4, 0.5) is 5.69 Å². The molecule has 1 atom stereocenters. The van der Waals surface area contributed by atoms with Crippen molar-refractivity contribution in [2.45, 2.75) is 32.6 Å². The highest BCUT2D eigenvalue weighted by molar-refractivity contribution is 7.21. The standard InChI is InChI=1S/C24H21NO3S2/c1-24(2)10-14-20(15(26)11-24)22(19-8-7-18(30-19)17-4-3-9-29-17)21-13(25-14)5-6-16-23(21)28-12-27-16/h3-9,22,25H,10-12H2,1-2H3. The summed E-state index contributed by atoms with van der Waals surface area (Å²) in [6, 6.07) is 12.6. The van der Waals surface area contributed by atoms with Crippen molar-refractivity contribution in [3.8, 4) is 21.3 Å². The number of ketones is 1. The van der Waals surface area contributed by atoms with Crippen molar-refractivity contribution in [2.24, 2.45) is 5.41 Å². The number of hydrogen-bond donors (Lipinski definition) is 1. The molecule has 1 aliphatic carbocycles. The summed E-state index contributed by atoms with van der Waals surface area (Å²) in [5.74, 6) is 1.62. The molecule has 3 aromatic rings. The first-order chi connectivity index (χ1) is 14.5. The highest BCUT2D eigenvalue weighted by atomic mass is 32.1. The Bertz CT molecular complexity index is 1200. The van der Waals surface area contributed by atoms with Gasteiger partial charge in [0.15, 0.2) is 17.3 Å². The Hall–Kier alpha value is -2.57. The summed E-state index contributed by atoms with van der Waals surface area (Å²) in [7, 11) is 0. The van der Waals surface area contributed by atoms with Gasteiger partial charge in [-0.2, -0.15) is 0 Å². The molecule has 0 spiro atoms. The van der Waals surface area contributed by atoms with Crippen molar-refractivity contribution in [1.29, 1.82) is 0 Å². The zero-order valence-corrected chi connectivity index (χ0v) is 18.4. The van der Waals surface area contributed by atoms with E-state index >= 15 is 0 Å². The first-order valence-electron chi connectivity index (χ1n) is 10.1. The fourth-order valence-electron chi connectivity index (χ4n) is 4.82. The lowest BCUT2D eigenvalue weighted by Crippen LogP contribution is -2.33. The van der Waals surface area contributed by atoms with Crippen LogP contribution in [0.1, 0.15) is 43.0 Å². The van der Waals surface area contributed by atoms with Crippen LogP contribution < -0.4 is 14.8 Å². The van der Waals surface area contributed by atoms with Gasteiger partial charge >= 0.3 is 0 Å². The molecule has 1 aromatic carbocycles. The molecule has 3 aliphatic rings. The molecule has 6 rings (SSSR count). The predicted octanol–water partition coefficient (Wildman–Crippen LogP) is 6.41. The summed E-state index contributed by atoms with van der Waals surface area (Å²) >= 11 is 3.50. The van der Waals surface area contributed by atoms with E-state index in [1.165, 1.54) is 14.6 Å². The summed E-state index contributed by atoms with van der Waals surface area (Å²) in [4.78, 5) is 17.1. The van der Waals surface area contributed by atoms with Gasteiger partial charge in [-0.15, -0.1) is 22.7 Å². The van der Waals surface area contributed by atoms with Gasteiger partial charge in [0, 0.05) is 43.6 Å². The summed E-state index contributed by atoms with van der Waals surface area (Å²) in [6.45, 7) is 4.55. The SMILES string of the molecule is CC1(C)CC(=O)C2=C(C1)Nc1ccc3c(c1C2c1ccc(-c2cccs2)s1)OCO3. The second kappa shape index (κ2) is 6.46. The Morgan fingerprint density at radius 2 is 1.97 bits per heavy atom. The molecular weight excluding hydrogens is 414 g/mol. The predicted molar refractivity (Wildman–Crippen MR) is 121 cm³/mol. The number of fused-ring (bicyclic) bond motifs is 3. The fraction of sp³-hybridized carbons (Fsp3) is 0.292. The number of nitrogens with one attached hydrogen (secondary N) is 1.